The molecule has 2 N–H and O–H groups in total. The lowest BCUT2D eigenvalue weighted by Gasteiger charge is -2.23. The number of rotatable bonds is 8. The molecule has 3 rings (SSSR count). The third-order valence-electron chi connectivity index (χ3n) is 4.69. The first-order valence-electron chi connectivity index (χ1n) is 9.46. The van der Waals surface area contributed by atoms with Gasteiger partial charge < -0.3 is 14.6 Å². The predicted molar refractivity (Wildman–Crippen MR) is 117 cm³/mol. The fraction of sp³-hybridized carbons (Fsp3) is 0.227. The molecular weight excluding hydrogens is 402 g/mol. The fourth-order valence-corrected chi connectivity index (χ4v) is 4.03. The molecule has 0 aliphatic carbocycles. The number of furan rings is 1. The van der Waals surface area contributed by atoms with Crippen molar-refractivity contribution < 1.29 is 17.6 Å². The number of benzene rings is 2. The lowest BCUT2D eigenvalue weighted by Crippen LogP contribution is -2.33. The van der Waals surface area contributed by atoms with Crippen LogP contribution in [0.1, 0.15) is 16.9 Å². The van der Waals surface area contributed by atoms with E-state index in [2.05, 4.69) is 10.0 Å². The Kier molecular flexibility index (Phi) is 6.59. The van der Waals surface area contributed by atoms with Crippen molar-refractivity contribution in [1.29, 1.82) is 0 Å². The van der Waals surface area contributed by atoms with Crippen LogP contribution < -0.4 is 14.9 Å². The second kappa shape index (κ2) is 9.15. The minimum atomic E-state index is -3.62. The number of carbonyl (C=O) groups is 1. The Bertz CT molecular complexity index is 1110. The number of nitrogens with zero attached hydrogens (tertiary/aromatic N) is 1. The van der Waals surface area contributed by atoms with Crippen molar-refractivity contribution >= 4 is 27.3 Å². The number of sulfonamides is 1. The Balaban J connectivity index is 1.79. The van der Waals surface area contributed by atoms with Gasteiger partial charge >= 0.3 is 0 Å². The molecule has 0 fully saturated rings. The number of anilines is 2. The Hall–Kier alpha value is -3.10. The lowest BCUT2D eigenvalue weighted by atomic mass is 10.2. The molecule has 8 heteroatoms. The molecule has 0 saturated heterocycles. The standard InChI is InChI=1S/C22H25N3O4S/c1-16-6-10-19(11-7-16)25(14-20-5-4-12-29-20)15-22(26)24-18-9-8-17(2)21(13-18)30(27,28)23-3/h4-13,23H,14-15H2,1-3H3,(H,24,26). The number of nitrogens with one attached hydrogen (secondary N) is 2. The molecule has 0 aliphatic rings. The summed E-state index contributed by atoms with van der Waals surface area (Å²) in [4.78, 5) is 14.8. The summed E-state index contributed by atoms with van der Waals surface area (Å²) in [7, 11) is -2.26. The highest BCUT2D eigenvalue weighted by atomic mass is 32.2. The van der Waals surface area contributed by atoms with Gasteiger partial charge in [0.1, 0.15) is 5.76 Å². The first-order chi connectivity index (χ1) is 14.3. The van der Waals surface area contributed by atoms with Crippen molar-refractivity contribution in [2.75, 3.05) is 23.8 Å². The summed E-state index contributed by atoms with van der Waals surface area (Å²) in [6.45, 7) is 4.21. The first kappa shape index (κ1) is 21.6. The highest BCUT2D eigenvalue weighted by Crippen LogP contribution is 2.21. The van der Waals surface area contributed by atoms with E-state index in [1.807, 2.05) is 42.2 Å². The molecule has 158 valence electrons. The molecule has 0 unspecified atom stereocenters. The highest BCUT2D eigenvalue weighted by molar-refractivity contribution is 7.89. The zero-order valence-electron chi connectivity index (χ0n) is 17.2. The van der Waals surface area contributed by atoms with E-state index >= 15 is 0 Å². The van der Waals surface area contributed by atoms with Gasteiger partial charge in [0.2, 0.25) is 15.9 Å². The van der Waals surface area contributed by atoms with Crippen molar-refractivity contribution in [3.63, 3.8) is 0 Å². The summed E-state index contributed by atoms with van der Waals surface area (Å²) < 4.78 is 32.1. The molecule has 0 spiro atoms. The summed E-state index contributed by atoms with van der Waals surface area (Å²) in [5.74, 6) is 0.472. The summed E-state index contributed by atoms with van der Waals surface area (Å²) in [6.07, 6.45) is 1.60. The second-order valence-corrected chi connectivity index (χ2v) is 8.86. The molecule has 0 bridgehead atoms. The second-order valence-electron chi connectivity index (χ2n) is 7.01. The third-order valence-corrected chi connectivity index (χ3v) is 6.25. The maximum absolute atomic E-state index is 12.8. The van der Waals surface area contributed by atoms with E-state index < -0.39 is 10.0 Å². The van der Waals surface area contributed by atoms with Crippen LogP contribution in [-0.2, 0) is 21.4 Å². The van der Waals surface area contributed by atoms with Gasteiger partial charge in [0.15, 0.2) is 0 Å². The zero-order valence-corrected chi connectivity index (χ0v) is 18.0. The molecule has 7 nitrogen and oxygen atoms in total. The SMILES string of the molecule is CNS(=O)(=O)c1cc(NC(=O)CN(Cc2ccco2)c2ccc(C)cc2)ccc1C. The monoisotopic (exact) mass is 427 g/mol. The van der Waals surface area contributed by atoms with Gasteiger partial charge in [-0.1, -0.05) is 23.8 Å². The van der Waals surface area contributed by atoms with Crippen LogP contribution in [-0.4, -0.2) is 27.9 Å². The van der Waals surface area contributed by atoms with Crippen LogP contribution in [0.15, 0.2) is 70.2 Å². The quantitative estimate of drug-likeness (QED) is 0.575. The molecule has 1 heterocycles. The van der Waals surface area contributed by atoms with Gasteiger partial charge in [-0.05, 0) is 62.9 Å². The van der Waals surface area contributed by atoms with Gasteiger partial charge in [-0.2, -0.15) is 0 Å². The van der Waals surface area contributed by atoms with Crippen LogP contribution in [0.5, 0.6) is 0 Å². The summed E-state index contributed by atoms with van der Waals surface area (Å²) in [5.41, 5.74) is 3.02. The number of hydrogen-bond donors (Lipinski definition) is 2. The van der Waals surface area contributed by atoms with Gasteiger partial charge in [-0.3, -0.25) is 4.79 Å². The minimum absolute atomic E-state index is 0.0751. The van der Waals surface area contributed by atoms with Gasteiger partial charge in [-0.25, -0.2) is 13.1 Å². The molecule has 0 aliphatic heterocycles. The van der Waals surface area contributed by atoms with Crippen LogP contribution in [0.3, 0.4) is 0 Å². The van der Waals surface area contributed by atoms with Crippen molar-refractivity contribution in [1.82, 2.24) is 4.72 Å². The lowest BCUT2D eigenvalue weighted by molar-refractivity contribution is -0.115. The van der Waals surface area contributed by atoms with Gasteiger partial charge in [0.25, 0.3) is 0 Å². The summed E-state index contributed by atoms with van der Waals surface area (Å²) in [5, 5.41) is 2.79. The van der Waals surface area contributed by atoms with E-state index in [1.165, 1.54) is 13.1 Å². The smallest absolute Gasteiger partial charge is 0.243 e. The van der Waals surface area contributed by atoms with E-state index in [9.17, 15) is 13.2 Å². The third kappa shape index (κ3) is 5.28. The van der Waals surface area contributed by atoms with Crippen LogP contribution in [0, 0.1) is 13.8 Å². The minimum Gasteiger partial charge on any atom is -0.467 e. The maximum atomic E-state index is 12.8. The largest absolute Gasteiger partial charge is 0.467 e. The highest BCUT2D eigenvalue weighted by Gasteiger charge is 2.17. The normalized spacial score (nSPS) is 11.3. The zero-order chi connectivity index (χ0) is 21.7. The Morgan fingerprint density at radius 2 is 1.80 bits per heavy atom. The van der Waals surface area contributed by atoms with E-state index in [0.29, 0.717) is 17.8 Å². The number of amides is 1. The summed E-state index contributed by atoms with van der Waals surface area (Å²) in [6, 6.07) is 16.3. The van der Waals surface area contributed by atoms with Crippen molar-refractivity contribution in [2.24, 2.45) is 0 Å². The maximum Gasteiger partial charge on any atom is 0.243 e. The Morgan fingerprint density at radius 3 is 2.43 bits per heavy atom. The molecule has 2 aromatic carbocycles. The van der Waals surface area contributed by atoms with Gasteiger partial charge in [0.05, 0.1) is 24.2 Å². The number of carbonyl (C=O) groups excluding carboxylic acids is 1. The van der Waals surface area contributed by atoms with Gasteiger partial charge in [0, 0.05) is 11.4 Å². The molecular formula is C22H25N3O4S. The topological polar surface area (TPSA) is 91.7 Å². The molecule has 0 radical (unpaired) electrons. The summed E-state index contributed by atoms with van der Waals surface area (Å²) >= 11 is 0. The number of hydrogen-bond acceptors (Lipinski definition) is 5. The predicted octanol–water partition coefficient (Wildman–Crippen LogP) is 3.45. The van der Waals surface area contributed by atoms with Crippen LogP contribution >= 0.6 is 0 Å². The average Bonchev–Trinajstić information content (AvgIpc) is 3.22. The molecule has 0 atom stereocenters. The van der Waals surface area contributed by atoms with Gasteiger partial charge in [-0.15, -0.1) is 0 Å². The molecule has 1 aromatic heterocycles. The van der Waals surface area contributed by atoms with E-state index in [1.54, 1.807) is 31.4 Å². The van der Waals surface area contributed by atoms with Crippen molar-refractivity contribution in [3.05, 3.63) is 77.7 Å². The Labute approximate surface area is 176 Å². The molecule has 3 aromatic rings. The fourth-order valence-electron chi connectivity index (χ4n) is 3.04. The van der Waals surface area contributed by atoms with E-state index in [-0.39, 0.29) is 17.3 Å². The molecule has 0 saturated carbocycles. The van der Waals surface area contributed by atoms with E-state index in [0.717, 1.165) is 17.0 Å². The number of aryl methyl sites for hydroxylation is 2. The Morgan fingerprint density at radius 1 is 1.07 bits per heavy atom. The van der Waals surface area contributed by atoms with Crippen molar-refractivity contribution in [2.45, 2.75) is 25.3 Å². The first-order valence-corrected chi connectivity index (χ1v) is 10.9. The van der Waals surface area contributed by atoms with E-state index in [4.69, 9.17) is 4.42 Å². The molecule has 30 heavy (non-hydrogen) atoms. The van der Waals surface area contributed by atoms with Crippen LogP contribution in [0.25, 0.3) is 0 Å². The molecule has 1 amide bonds. The average molecular weight is 428 g/mol. The van der Waals surface area contributed by atoms with Crippen molar-refractivity contribution in [3.8, 4) is 0 Å². The van der Waals surface area contributed by atoms with Crippen LogP contribution in [0.2, 0.25) is 0 Å². The van der Waals surface area contributed by atoms with Crippen LogP contribution in [0.4, 0.5) is 11.4 Å².